The SMILES string of the molecule is Cc1cccc(N2CCN(c3ccc(C(=O)NCCN(C)C)nn3)CC2)c1. The highest BCUT2D eigenvalue weighted by Crippen LogP contribution is 2.20. The largest absolute Gasteiger partial charge is 0.368 e. The fraction of sp³-hybridized carbons (Fsp3) is 0.450. The Kier molecular flexibility index (Phi) is 6.24. The minimum Gasteiger partial charge on any atom is -0.368 e. The van der Waals surface area contributed by atoms with E-state index in [0.717, 1.165) is 38.5 Å². The Morgan fingerprint density at radius 2 is 1.81 bits per heavy atom. The van der Waals surface area contributed by atoms with Gasteiger partial charge in [0.25, 0.3) is 5.91 Å². The molecule has 0 unspecified atom stereocenters. The van der Waals surface area contributed by atoms with Gasteiger partial charge in [0.15, 0.2) is 11.5 Å². The number of anilines is 2. The number of benzene rings is 1. The van der Waals surface area contributed by atoms with Gasteiger partial charge in [-0.1, -0.05) is 12.1 Å². The summed E-state index contributed by atoms with van der Waals surface area (Å²) in [6.45, 7) is 7.16. The second kappa shape index (κ2) is 8.81. The van der Waals surface area contributed by atoms with Gasteiger partial charge in [-0.3, -0.25) is 4.79 Å². The lowest BCUT2D eigenvalue weighted by Crippen LogP contribution is -2.47. The molecule has 1 saturated heterocycles. The molecular formula is C20H28N6O. The third-order valence-electron chi connectivity index (χ3n) is 4.70. The van der Waals surface area contributed by atoms with E-state index in [4.69, 9.17) is 0 Å². The van der Waals surface area contributed by atoms with Crippen molar-refractivity contribution in [2.24, 2.45) is 0 Å². The lowest BCUT2D eigenvalue weighted by molar-refractivity contribution is 0.0945. The van der Waals surface area contributed by atoms with Crippen LogP contribution in [0.5, 0.6) is 0 Å². The van der Waals surface area contributed by atoms with E-state index in [0.29, 0.717) is 12.2 Å². The molecule has 7 nitrogen and oxygen atoms in total. The van der Waals surface area contributed by atoms with Gasteiger partial charge in [0.1, 0.15) is 0 Å². The summed E-state index contributed by atoms with van der Waals surface area (Å²) in [5.74, 6) is 0.643. The van der Waals surface area contributed by atoms with E-state index in [1.165, 1.54) is 11.3 Å². The van der Waals surface area contributed by atoms with Gasteiger partial charge in [-0.15, -0.1) is 10.2 Å². The summed E-state index contributed by atoms with van der Waals surface area (Å²) >= 11 is 0. The summed E-state index contributed by atoms with van der Waals surface area (Å²) in [6, 6.07) is 12.2. The van der Waals surface area contributed by atoms with Crippen molar-refractivity contribution in [3.63, 3.8) is 0 Å². The lowest BCUT2D eigenvalue weighted by atomic mass is 10.2. The number of hydrogen-bond donors (Lipinski definition) is 1. The van der Waals surface area contributed by atoms with Crippen molar-refractivity contribution in [1.82, 2.24) is 20.4 Å². The van der Waals surface area contributed by atoms with Crippen LogP contribution in [0.15, 0.2) is 36.4 Å². The molecule has 7 heteroatoms. The fourth-order valence-electron chi connectivity index (χ4n) is 3.12. The molecule has 27 heavy (non-hydrogen) atoms. The Balaban J connectivity index is 1.53. The highest BCUT2D eigenvalue weighted by atomic mass is 16.1. The first-order chi connectivity index (χ1) is 13.0. The van der Waals surface area contributed by atoms with Gasteiger partial charge < -0.3 is 20.0 Å². The molecule has 0 aliphatic carbocycles. The minimum atomic E-state index is -0.180. The molecule has 2 aromatic rings. The normalized spacial score (nSPS) is 14.5. The molecule has 1 aromatic carbocycles. The quantitative estimate of drug-likeness (QED) is 0.832. The first-order valence-electron chi connectivity index (χ1n) is 9.36. The average Bonchev–Trinajstić information content (AvgIpc) is 2.68. The maximum absolute atomic E-state index is 12.1. The van der Waals surface area contributed by atoms with Crippen molar-refractivity contribution in [3.05, 3.63) is 47.7 Å². The van der Waals surface area contributed by atoms with Gasteiger partial charge in [0.05, 0.1) is 0 Å². The van der Waals surface area contributed by atoms with Gasteiger partial charge in [-0.25, -0.2) is 0 Å². The summed E-state index contributed by atoms with van der Waals surface area (Å²) in [7, 11) is 3.94. The monoisotopic (exact) mass is 368 g/mol. The molecule has 1 fully saturated rings. The molecule has 1 aliphatic heterocycles. The molecule has 2 heterocycles. The number of nitrogens with one attached hydrogen (secondary N) is 1. The number of amides is 1. The summed E-state index contributed by atoms with van der Waals surface area (Å²) in [5, 5.41) is 11.2. The van der Waals surface area contributed by atoms with Crippen molar-refractivity contribution in [2.75, 3.05) is 63.2 Å². The molecule has 0 bridgehead atoms. The first kappa shape index (κ1) is 19.1. The van der Waals surface area contributed by atoms with E-state index >= 15 is 0 Å². The molecule has 0 saturated carbocycles. The zero-order valence-corrected chi connectivity index (χ0v) is 16.4. The Bertz CT molecular complexity index is 753. The van der Waals surface area contributed by atoms with E-state index in [2.05, 4.69) is 56.5 Å². The second-order valence-electron chi connectivity index (χ2n) is 7.15. The molecule has 0 atom stereocenters. The molecule has 1 aromatic heterocycles. The van der Waals surface area contributed by atoms with Gasteiger partial charge in [0.2, 0.25) is 0 Å². The molecule has 1 N–H and O–H groups in total. The van der Waals surface area contributed by atoms with Crippen LogP contribution in [-0.2, 0) is 0 Å². The molecule has 1 aliphatic rings. The van der Waals surface area contributed by atoms with Gasteiger partial charge >= 0.3 is 0 Å². The topological polar surface area (TPSA) is 64.6 Å². The number of hydrogen-bond acceptors (Lipinski definition) is 6. The van der Waals surface area contributed by atoms with Crippen LogP contribution in [0.3, 0.4) is 0 Å². The van der Waals surface area contributed by atoms with Crippen LogP contribution in [0.25, 0.3) is 0 Å². The van der Waals surface area contributed by atoms with E-state index in [-0.39, 0.29) is 5.91 Å². The van der Waals surface area contributed by atoms with Crippen LogP contribution >= 0.6 is 0 Å². The van der Waals surface area contributed by atoms with Gasteiger partial charge in [-0.05, 0) is 50.8 Å². The number of aromatic nitrogens is 2. The van der Waals surface area contributed by atoms with E-state index in [9.17, 15) is 4.79 Å². The Morgan fingerprint density at radius 3 is 2.44 bits per heavy atom. The van der Waals surface area contributed by atoms with E-state index in [1.54, 1.807) is 6.07 Å². The molecule has 144 valence electrons. The van der Waals surface area contributed by atoms with Crippen LogP contribution in [0, 0.1) is 6.92 Å². The van der Waals surface area contributed by atoms with Gasteiger partial charge in [-0.2, -0.15) is 0 Å². The maximum atomic E-state index is 12.1. The van der Waals surface area contributed by atoms with Crippen molar-refractivity contribution in [1.29, 1.82) is 0 Å². The number of carbonyl (C=O) groups is 1. The number of rotatable bonds is 6. The van der Waals surface area contributed by atoms with Gasteiger partial charge in [0, 0.05) is 45.0 Å². The van der Waals surface area contributed by atoms with Crippen LogP contribution in [0.1, 0.15) is 16.1 Å². The highest BCUT2D eigenvalue weighted by Gasteiger charge is 2.19. The minimum absolute atomic E-state index is 0.180. The summed E-state index contributed by atoms with van der Waals surface area (Å²) < 4.78 is 0. The Labute approximate surface area is 161 Å². The van der Waals surface area contributed by atoms with Crippen LogP contribution < -0.4 is 15.1 Å². The average molecular weight is 368 g/mol. The number of aryl methyl sites for hydroxylation is 1. The fourth-order valence-corrected chi connectivity index (χ4v) is 3.12. The highest BCUT2D eigenvalue weighted by molar-refractivity contribution is 5.92. The molecular weight excluding hydrogens is 340 g/mol. The third kappa shape index (κ3) is 5.17. The predicted octanol–water partition coefficient (Wildman–Crippen LogP) is 1.40. The Hall–Kier alpha value is -2.67. The van der Waals surface area contributed by atoms with E-state index in [1.807, 2.05) is 25.1 Å². The maximum Gasteiger partial charge on any atom is 0.271 e. The van der Waals surface area contributed by atoms with Crippen LogP contribution in [0.4, 0.5) is 11.5 Å². The molecule has 1 amide bonds. The molecule has 0 radical (unpaired) electrons. The zero-order valence-electron chi connectivity index (χ0n) is 16.4. The predicted molar refractivity (Wildman–Crippen MR) is 109 cm³/mol. The summed E-state index contributed by atoms with van der Waals surface area (Å²) in [4.78, 5) is 18.7. The van der Waals surface area contributed by atoms with Crippen LogP contribution in [0.2, 0.25) is 0 Å². The number of nitrogens with zero attached hydrogens (tertiary/aromatic N) is 5. The summed E-state index contributed by atoms with van der Waals surface area (Å²) in [5.41, 5.74) is 2.90. The molecule has 0 spiro atoms. The first-order valence-corrected chi connectivity index (χ1v) is 9.36. The smallest absolute Gasteiger partial charge is 0.271 e. The van der Waals surface area contributed by atoms with Crippen LogP contribution in [-0.4, -0.2) is 74.4 Å². The van der Waals surface area contributed by atoms with Crippen molar-refractivity contribution >= 4 is 17.4 Å². The van der Waals surface area contributed by atoms with Crippen molar-refractivity contribution in [3.8, 4) is 0 Å². The van der Waals surface area contributed by atoms with Crippen molar-refractivity contribution < 1.29 is 4.79 Å². The second-order valence-corrected chi connectivity index (χ2v) is 7.15. The van der Waals surface area contributed by atoms with Crippen molar-refractivity contribution in [2.45, 2.75) is 6.92 Å². The lowest BCUT2D eigenvalue weighted by Gasteiger charge is -2.36. The molecule has 3 rings (SSSR count). The third-order valence-corrected chi connectivity index (χ3v) is 4.70. The summed E-state index contributed by atoms with van der Waals surface area (Å²) in [6.07, 6.45) is 0. The number of piperazine rings is 1. The van der Waals surface area contributed by atoms with E-state index < -0.39 is 0 Å². The Morgan fingerprint density at radius 1 is 1.07 bits per heavy atom. The number of likely N-dealkylation sites (N-methyl/N-ethyl adjacent to an activating group) is 1. The number of carbonyl (C=O) groups excluding carboxylic acids is 1. The standard InChI is InChI=1S/C20H28N6O/c1-16-5-4-6-17(15-16)25-11-13-26(14-12-25)19-8-7-18(22-23-19)20(27)21-9-10-24(2)3/h4-8,15H,9-14H2,1-3H3,(H,21,27). The zero-order chi connectivity index (χ0) is 19.2.